The van der Waals surface area contributed by atoms with Crippen LogP contribution in [-0.2, 0) is 6.54 Å². The van der Waals surface area contributed by atoms with Crippen LogP contribution < -0.4 is 10.1 Å². The van der Waals surface area contributed by atoms with Crippen molar-refractivity contribution in [3.8, 4) is 5.88 Å². The summed E-state index contributed by atoms with van der Waals surface area (Å²) >= 11 is 3.48. The highest BCUT2D eigenvalue weighted by atomic mass is 79.9. The van der Waals surface area contributed by atoms with Crippen LogP contribution in [0.5, 0.6) is 5.88 Å². The smallest absolute Gasteiger partial charge is 0.217 e. The van der Waals surface area contributed by atoms with Crippen LogP contribution in [-0.4, -0.2) is 18.1 Å². The van der Waals surface area contributed by atoms with E-state index in [1.54, 1.807) is 0 Å². The Kier molecular flexibility index (Phi) is 6.30. The lowest BCUT2D eigenvalue weighted by Crippen LogP contribution is -2.20. The fraction of sp³-hybridized carbons (Fsp3) is 0.688. The molecule has 0 saturated heterocycles. The molecule has 0 unspecified atom stereocenters. The lowest BCUT2D eigenvalue weighted by Gasteiger charge is -2.25. The zero-order valence-corrected chi connectivity index (χ0v) is 14.1. The number of hydrogen-bond donors (Lipinski definition) is 1. The summed E-state index contributed by atoms with van der Waals surface area (Å²) in [4.78, 5) is 4.41. The molecule has 0 radical (unpaired) electrons. The maximum Gasteiger partial charge on any atom is 0.217 e. The number of aromatic nitrogens is 1. The van der Waals surface area contributed by atoms with Gasteiger partial charge in [-0.05, 0) is 46.8 Å². The first kappa shape index (κ1) is 15.8. The predicted molar refractivity (Wildman–Crippen MR) is 85.9 cm³/mol. The van der Waals surface area contributed by atoms with Crippen LogP contribution in [0.3, 0.4) is 0 Å². The summed E-state index contributed by atoms with van der Waals surface area (Å²) < 4.78 is 6.89. The molecule has 1 N–H and O–H groups in total. The van der Waals surface area contributed by atoms with Gasteiger partial charge in [0.25, 0.3) is 0 Å². The fourth-order valence-corrected chi connectivity index (χ4v) is 2.70. The number of nitrogens with zero attached hydrogens (tertiary/aromatic N) is 1. The number of ether oxygens (including phenoxy) is 1. The van der Waals surface area contributed by atoms with E-state index in [0.29, 0.717) is 5.92 Å². The summed E-state index contributed by atoms with van der Waals surface area (Å²) in [6, 6.07) is 2.10. The molecule has 4 heteroatoms. The lowest BCUT2D eigenvalue weighted by molar-refractivity contribution is 0.215. The van der Waals surface area contributed by atoms with Crippen molar-refractivity contribution in [2.45, 2.75) is 46.1 Å². The van der Waals surface area contributed by atoms with Gasteiger partial charge in [0.15, 0.2) is 0 Å². The lowest BCUT2D eigenvalue weighted by atomic mass is 9.83. The van der Waals surface area contributed by atoms with Gasteiger partial charge in [-0.1, -0.05) is 33.1 Å². The first-order valence-corrected chi connectivity index (χ1v) is 8.42. The molecule has 0 atom stereocenters. The molecule has 3 nitrogen and oxygen atoms in total. The van der Waals surface area contributed by atoms with Crippen LogP contribution in [0, 0.1) is 11.8 Å². The van der Waals surface area contributed by atoms with Crippen LogP contribution in [0.15, 0.2) is 16.7 Å². The molecule has 1 aliphatic carbocycles. The summed E-state index contributed by atoms with van der Waals surface area (Å²) in [6.07, 6.45) is 7.12. The van der Waals surface area contributed by atoms with E-state index in [2.05, 4.69) is 46.1 Å². The number of halogens is 1. The van der Waals surface area contributed by atoms with Gasteiger partial charge in [-0.2, -0.15) is 0 Å². The molecule has 0 amide bonds. The Morgan fingerprint density at radius 2 is 2.25 bits per heavy atom. The second kappa shape index (κ2) is 7.99. The highest BCUT2D eigenvalue weighted by molar-refractivity contribution is 9.10. The van der Waals surface area contributed by atoms with E-state index in [0.717, 1.165) is 48.0 Å². The standard InChI is InChI=1S/C16H25BrN2O/c1-12(2)9-18-10-14-8-15(17)11-19-16(14)20-7-6-13-4-3-5-13/h8,11-13,18H,3-7,9-10H2,1-2H3. The number of nitrogens with one attached hydrogen (secondary N) is 1. The normalized spacial score (nSPS) is 15.4. The Hall–Kier alpha value is -0.610. The summed E-state index contributed by atoms with van der Waals surface area (Å²) in [7, 11) is 0. The van der Waals surface area contributed by atoms with Crippen molar-refractivity contribution in [3.63, 3.8) is 0 Å². The van der Waals surface area contributed by atoms with Gasteiger partial charge < -0.3 is 10.1 Å². The summed E-state index contributed by atoms with van der Waals surface area (Å²) in [6.45, 7) is 7.03. The molecule has 0 bridgehead atoms. The minimum Gasteiger partial charge on any atom is -0.477 e. The van der Waals surface area contributed by atoms with Gasteiger partial charge >= 0.3 is 0 Å². The van der Waals surface area contributed by atoms with Crippen molar-refractivity contribution < 1.29 is 4.74 Å². The molecule has 0 spiro atoms. The van der Waals surface area contributed by atoms with Gasteiger partial charge in [0, 0.05) is 22.8 Å². The molecule has 1 aliphatic rings. The maximum absolute atomic E-state index is 5.88. The topological polar surface area (TPSA) is 34.2 Å². The van der Waals surface area contributed by atoms with E-state index < -0.39 is 0 Å². The van der Waals surface area contributed by atoms with E-state index in [1.165, 1.54) is 19.3 Å². The zero-order valence-electron chi connectivity index (χ0n) is 12.5. The summed E-state index contributed by atoms with van der Waals surface area (Å²) in [5, 5.41) is 3.45. The summed E-state index contributed by atoms with van der Waals surface area (Å²) in [5.41, 5.74) is 1.13. The third-order valence-corrected chi connectivity index (χ3v) is 4.18. The maximum atomic E-state index is 5.88. The van der Waals surface area contributed by atoms with E-state index in [-0.39, 0.29) is 0 Å². The van der Waals surface area contributed by atoms with Crippen LogP contribution >= 0.6 is 15.9 Å². The van der Waals surface area contributed by atoms with Crippen LogP contribution in [0.1, 0.15) is 45.1 Å². The molecule has 1 aromatic heterocycles. The number of hydrogen-bond acceptors (Lipinski definition) is 3. The van der Waals surface area contributed by atoms with Crippen molar-refractivity contribution in [1.82, 2.24) is 10.3 Å². The van der Waals surface area contributed by atoms with Crippen molar-refractivity contribution in [1.29, 1.82) is 0 Å². The van der Waals surface area contributed by atoms with Crippen molar-refractivity contribution in [2.24, 2.45) is 11.8 Å². The molecule has 2 rings (SSSR count). The molecular formula is C16H25BrN2O. The Labute approximate surface area is 130 Å². The first-order chi connectivity index (χ1) is 9.65. The van der Waals surface area contributed by atoms with Crippen molar-refractivity contribution in [2.75, 3.05) is 13.2 Å². The van der Waals surface area contributed by atoms with Gasteiger partial charge in [-0.15, -0.1) is 0 Å². The molecule has 1 heterocycles. The third-order valence-electron chi connectivity index (χ3n) is 3.75. The minimum atomic E-state index is 0.651. The van der Waals surface area contributed by atoms with Gasteiger partial charge in [0.1, 0.15) is 0 Å². The molecule has 1 aromatic rings. The summed E-state index contributed by atoms with van der Waals surface area (Å²) in [5.74, 6) is 2.31. The second-order valence-electron chi connectivity index (χ2n) is 6.08. The quantitative estimate of drug-likeness (QED) is 0.771. The van der Waals surface area contributed by atoms with Crippen molar-refractivity contribution >= 4 is 15.9 Å². The van der Waals surface area contributed by atoms with Crippen LogP contribution in [0.25, 0.3) is 0 Å². The molecule has 1 saturated carbocycles. The average molecular weight is 341 g/mol. The number of rotatable bonds is 8. The molecule has 0 aromatic carbocycles. The Morgan fingerprint density at radius 3 is 2.90 bits per heavy atom. The number of pyridine rings is 1. The minimum absolute atomic E-state index is 0.651. The molecular weight excluding hydrogens is 316 g/mol. The van der Waals surface area contributed by atoms with Gasteiger partial charge in [0.05, 0.1) is 6.61 Å². The van der Waals surface area contributed by atoms with E-state index >= 15 is 0 Å². The average Bonchev–Trinajstić information content (AvgIpc) is 2.34. The fourth-order valence-electron chi connectivity index (χ4n) is 2.32. The molecule has 20 heavy (non-hydrogen) atoms. The monoisotopic (exact) mass is 340 g/mol. The Balaban J connectivity index is 1.85. The van der Waals surface area contributed by atoms with E-state index in [9.17, 15) is 0 Å². The van der Waals surface area contributed by atoms with Crippen LogP contribution in [0.4, 0.5) is 0 Å². The Bertz CT molecular complexity index is 419. The third kappa shape index (κ3) is 5.06. The van der Waals surface area contributed by atoms with Gasteiger partial charge in [0.2, 0.25) is 5.88 Å². The largest absolute Gasteiger partial charge is 0.477 e. The predicted octanol–water partition coefficient (Wildman–Crippen LogP) is 4.16. The van der Waals surface area contributed by atoms with Gasteiger partial charge in [-0.25, -0.2) is 4.98 Å². The molecule has 1 fully saturated rings. The zero-order chi connectivity index (χ0) is 14.4. The van der Waals surface area contributed by atoms with Crippen LogP contribution in [0.2, 0.25) is 0 Å². The van der Waals surface area contributed by atoms with Gasteiger partial charge in [-0.3, -0.25) is 0 Å². The molecule has 112 valence electrons. The van der Waals surface area contributed by atoms with E-state index in [4.69, 9.17) is 4.74 Å². The highest BCUT2D eigenvalue weighted by Crippen LogP contribution is 2.29. The van der Waals surface area contributed by atoms with Crippen molar-refractivity contribution in [3.05, 3.63) is 22.3 Å². The highest BCUT2D eigenvalue weighted by Gasteiger charge is 2.17. The SMILES string of the molecule is CC(C)CNCc1cc(Br)cnc1OCCC1CCC1. The first-order valence-electron chi connectivity index (χ1n) is 7.63. The van der Waals surface area contributed by atoms with E-state index in [1.807, 2.05) is 6.20 Å². The Morgan fingerprint density at radius 1 is 1.45 bits per heavy atom. The second-order valence-corrected chi connectivity index (χ2v) is 6.99. The molecule has 0 aliphatic heterocycles.